The van der Waals surface area contributed by atoms with Gasteiger partial charge in [-0.1, -0.05) is 0 Å². The fraction of sp³-hybridized carbons (Fsp3) is 0.600. The van der Waals surface area contributed by atoms with Crippen molar-refractivity contribution in [3.8, 4) is 0 Å². The molecule has 0 saturated heterocycles. The smallest absolute Gasteiger partial charge is 0.0702 e. The highest BCUT2D eigenvalue weighted by Gasteiger charge is 2.37. The van der Waals surface area contributed by atoms with Gasteiger partial charge in [-0.05, 0) is 38.3 Å². The van der Waals surface area contributed by atoms with Crippen molar-refractivity contribution in [2.24, 2.45) is 0 Å². The molecule has 0 radical (unpaired) electrons. The molecule has 2 N–H and O–H groups in total. The van der Waals surface area contributed by atoms with Crippen LogP contribution in [0.4, 0.5) is 0 Å². The summed E-state index contributed by atoms with van der Waals surface area (Å²) in [5.74, 6) is 0.312. The van der Waals surface area contributed by atoms with Gasteiger partial charge in [-0.3, -0.25) is 0 Å². The van der Waals surface area contributed by atoms with E-state index >= 15 is 0 Å². The molecule has 2 rings (SSSR count). The van der Waals surface area contributed by atoms with Gasteiger partial charge in [0.05, 0.1) is 5.60 Å². The van der Waals surface area contributed by atoms with E-state index in [1.807, 2.05) is 19.2 Å². The summed E-state index contributed by atoms with van der Waals surface area (Å²) in [4.78, 5) is 3.17. The van der Waals surface area contributed by atoms with Crippen LogP contribution < -0.4 is 0 Å². The first kappa shape index (κ1) is 7.87. The molecule has 1 aromatic heterocycles. The molecule has 1 heterocycles. The van der Waals surface area contributed by atoms with E-state index in [2.05, 4.69) is 11.1 Å². The predicted octanol–water partition coefficient (Wildman–Crippen LogP) is 2.03. The molecule has 2 atom stereocenters. The van der Waals surface area contributed by atoms with Crippen molar-refractivity contribution in [1.82, 2.24) is 4.98 Å². The molecular weight excluding hydrogens is 150 g/mol. The Labute approximate surface area is 72.6 Å². The van der Waals surface area contributed by atoms with Gasteiger partial charge in [-0.15, -0.1) is 0 Å². The number of aromatic nitrogens is 1. The Kier molecular flexibility index (Phi) is 1.72. The van der Waals surface area contributed by atoms with Gasteiger partial charge in [-0.25, -0.2) is 0 Å². The van der Waals surface area contributed by atoms with Crippen LogP contribution in [-0.4, -0.2) is 15.7 Å². The average Bonchev–Trinajstić information content (AvgIpc) is 2.55. The normalized spacial score (nSPS) is 35.7. The van der Waals surface area contributed by atoms with Crippen LogP contribution in [0.2, 0.25) is 0 Å². The number of rotatable bonds is 1. The molecule has 66 valence electrons. The van der Waals surface area contributed by atoms with Crippen molar-refractivity contribution in [2.45, 2.75) is 37.7 Å². The quantitative estimate of drug-likeness (QED) is 0.656. The molecule has 0 amide bonds. The second kappa shape index (κ2) is 2.63. The molecule has 0 bridgehead atoms. The first-order chi connectivity index (χ1) is 5.70. The summed E-state index contributed by atoms with van der Waals surface area (Å²) < 4.78 is 0. The highest BCUT2D eigenvalue weighted by atomic mass is 16.3. The third kappa shape index (κ3) is 1.16. The highest BCUT2D eigenvalue weighted by Crippen LogP contribution is 2.41. The van der Waals surface area contributed by atoms with Gasteiger partial charge >= 0.3 is 0 Å². The van der Waals surface area contributed by atoms with Gasteiger partial charge in [0.1, 0.15) is 0 Å². The van der Waals surface area contributed by atoms with Crippen molar-refractivity contribution in [1.29, 1.82) is 0 Å². The van der Waals surface area contributed by atoms with Crippen molar-refractivity contribution in [2.75, 3.05) is 0 Å². The minimum Gasteiger partial charge on any atom is -0.389 e. The molecule has 1 fully saturated rings. The summed E-state index contributed by atoms with van der Waals surface area (Å²) in [7, 11) is 0. The number of aromatic amines is 1. The van der Waals surface area contributed by atoms with Crippen LogP contribution in [0, 0.1) is 0 Å². The maximum atomic E-state index is 10.0. The van der Waals surface area contributed by atoms with E-state index in [0.29, 0.717) is 5.92 Å². The van der Waals surface area contributed by atoms with Crippen LogP contribution in [-0.2, 0) is 0 Å². The molecular formula is C10H15NO. The fourth-order valence-corrected chi connectivity index (χ4v) is 2.20. The molecule has 0 aliphatic heterocycles. The lowest BCUT2D eigenvalue weighted by molar-refractivity contribution is 0.0486. The number of hydrogen-bond donors (Lipinski definition) is 2. The molecule has 2 heteroatoms. The van der Waals surface area contributed by atoms with Gasteiger partial charge in [-0.2, -0.15) is 0 Å². The number of nitrogens with one attached hydrogen (secondary N) is 1. The molecule has 1 aliphatic rings. The van der Waals surface area contributed by atoms with Crippen molar-refractivity contribution in [3.05, 3.63) is 24.0 Å². The minimum atomic E-state index is -0.495. The molecule has 1 aliphatic carbocycles. The zero-order valence-corrected chi connectivity index (χ0v) is 7.38. The van der Waals surface area contributed by atoms with Crippen LogP contribution in [0.25, 0.3) is 0 Å². The van der Waals surface area contributed by atoms with Crippen LogP contribution >= 0.6 is 0 Å². The third-order valence-corrected chi connectivity index (χ3v) is 2.92. The second-order valence-corrected chi connectivity index (χ2v) is 3.93. The van der Waals surface area contributed by atoms with Crippen molar-refractivity contribution >= 4 is 0 Å². The molecule has 2 nitrogen and oxygen atoms in total. The summed E-state index contributed by atoms with van der Waals surface area (Å²) in [5.41, 5.74) is 0.683. The Morgan fingerprint density at radius 3 is 3.00 bits per heavy atom. The first-order valence-electron chi connectivity index (χ1n) is 4.56. The molecule has 2 unspecified atom stereocenters. The van der Waals surface area contributed by atoms with Gasteiger partial charge in [0.25, 0.3) is 0 Å². The largest absolute Gasteiger partial charge is 0.389 e. The Hall–Kier alpha value is -0.760. The zero-order valence-electron chi connectivity index (χ0n) is 7.38. The maximum Gasteiger partial charge on any atom is 0.0702 e. The van der Waals surface area contributed by atoms with Crippen molar-refractivity contribution in [3.63, 3.8) is 0 Å². The van der Waals surface area contributed by atoms with Gasteiger partial charge in [0, 0.05) is 17.8 Å². The van der Waals surface area contributed by atoms with Gasteiger partial charge in [0.15, 0.2) is 0 Å². The third-order valence-electron chi connectivity index (χ3n) is 2.92. The second-order valence-electron chi connectivity index (χ2n) is 3.93. The zero-order chi connectivity index (χ0) is 8.60. The summed E-state index contributed by atoms with van der Waals surface area (Å²) in [6, 6.07) is 4.05. The van der Waals surface area contributed by atoms with Gasteiger partial charge in [0.2, 0.25) is 0 Å². The molecule has 1 saturated carbocycles. The van der Waals surface area contributed by atoms with E-state index in [4.69, 9.17) is 0 Å². The molecule has 0 aromatic carbocycles. The minimum absolute atomic E-state index is 0.312. The van der Waals surface area contributed by atoms with E-state index in [1.165, 1.54) is 5.69 Å². The topological polar surface area (TPSA) is 36.0 Å². The Bertz CT molecular complexity index is 251. The lowest BCUT2D eigenvalue weighted by Crippen LogP contribution is -2.27. The maximum absolute atomic E-state index is 10.0. The molecule has 0 spiro atoms. The lowest BCUT2D eigenvalue weighted by atomic mass is 9.90. The van der Waals surface area contributed by atoms with Crippen LogP contribution in [0.5, 0.6) is 0 Å². The molecule has 12 heavy (non-hydrogen) atoms. The molecule has 1 aromatic rings. The van der Waals surface area contributed by atoms with E-state index in [1.54, 1.807) is 0 Å². The number of hydrogen-bond acceptors (Lipinski definition) is 1. The first-order valence-corrected chi connectivity index (χ1v) is 4.56. The summed E-state index contributed by atoms with van der Waals surface area (Å²) in [5, 5.41) is 10.0. The van der Waals surface area contributed by atoms with E-state index < -0.39 is 5.60 Å². The van der Waals surface area contributed by atoms with Crippen LogP contribution in [0.15, 0.2) is 18.3 Å². The van der Waals surface area contributed by atoms with Crippen LogP contribution in [0.1, 0.15) is 37.8 Å². The number of H-pyrrole nitrogens is 1. The Balaban J connectivity index is 2.25. The summed E-state index contributed by atoms with van der Waals surface area (Å²) in [6.45, 7) is 1.94. The standard InChI is InChI=1S/C10H15NO/c1-10(12)6-2-4-8(10)9-5-3-7-11-9/h3,5,7-8,11-12H,2,4,6H2,1H3. The average molecular weight is 165 g/mol. The monoisotopic (exact) mass is 165 g/mol. The van der Waals surface area contributed by atoms with Crippen molar-refractivity contribution < 1.29 is 5.11 Å². The van der Waals surface area contributed by atoms with E-state index in [-0.39, 0.29) is 0 Å². The number of aliphatic hydroxyl groups is 1. The highest BCUT2D eigenvalue weighted by molar-refractivity contribution is 5.16. The lowest BCUT2D eigenvalue weighted by Gasteiger charge is -2.24. The van der Waals surface area contributed by atoms with Gasteiger partial charge < -0.3 is 10.1 Å². The van der Waals surface area contributed by atoms with E-state index in [9.17, 15) is 5.11 Å². The summed E-state index contributed by atoms with van der Waals surface area (Å²) >= 11 is 0. The predicted molar refractivity (Wildman–Crippen MR) is 48.0 cm³/mol. The SMILES string of the molecule is CC1(O)CCCC1c1ccc[nH]1. The summed E-state index contributed by atoms with van der Waals surface area (Å²) in [6.07, 6.45) is 5.09. The Morgan fingerprint density at radius 1 is 1.67 bits per heavy atom. The van der Waals surface area contributed by atoms with E-state index in [0.717, 1.165) is 19.3 Å². The Morgan fingerprint density at radius 2 is 2.50 bits per heavy atom. The van der Waals surface area contributed by atoms with Crippen LogP contribution in [0.3, 0.4) is 0 Å². The fourth-order valence-electron chi connectivity index (χ4n) is 2.20.